The standard InChI is InChI=1S/C27H27FN6O/c1-16-11-21-20(25(29)35)8-3-9-24(21)34(16)27-31-23-13-19-7-4-10-33(19)15-22(23)26(32-27)30-14-17-5-2-6-18(28)12-17/h2-3,5-6,8-9,11-12,19H,4,7,10,13-15H2,1H3,(H2,29,35)(H,30,31,32). The number of benzene rings is 2. The first kappa shape index (κ1) is 21.7. The Hall–Kier alpha value is -3.78. The third-order valence-corrected chi connectivity index (χ3v) is 7.21. The van der Waals surface area contributed by atoms with Gasteiger partial charge < -0.3 is 11.1 Å². The fourth-order valence-electron chi connectivity index (χ4n) is 5.54. The zero-order valence-electron chi connectivity index (χ0n) is 19.6. The molecule has 3 N–H and O–H groups in total. The highest BCUT2D eigenvalue weighted by molar-refractivity contribution is 6.06. The zero-order valence-corrected chi connectivity index (χ0v) is 19.6. The van der Waals surface area contributed by atoms with Gasteiger partial charge in [0.1, 0.15) is 11.6 Å². The summed E-state index contributed by atoms with van der Waals surface area (Å²) >= 11 is 0. The number of anilines is 1. The van der Waals surface area contributed by atoms with Crippen molar-refractivity contribution in [1.29, 1.82) is 0 Å². The highest BCUT2D eigenvalue weighted by Gasteiger charge is 2.33. The molecule has 4 heterocycles. The zero-order chi connectivity index (χ0) is 24.1. The number of amides is 1. The molecule has 1 atom stereocenters. The largest absolute Gasteiger partial charge is 0.366 e. The number of aryl methyl sites for hydroxylation is 1. The Balaban J connectivity index is 1.47. The molecule has 0 radical (unpaired) electrons. The van der Waals surface area contributed by atoms with Gasteiger partial charge in [-0.15, -0.1) is 0 Å². The number of hydrogen-bond donors (Lipinski definition) is 2. The van der Waals surface area contributed by atoms with E-state index >= 15 is 0 Å². The first-order chi connectivity index (χ1) is 17.0. The van der Waals surface area contributed by atoms with E-state index in [1.165, 1.54) is 25.0 Å². The summed E-state index contributed by atoms with van der Waals surface area (Å²) in [7, 11) is 0. The van der Waals surface area contributed by atoms with E-state index in [2.05, 4.69) is 10.2 Å². The van der Waals surface area contributed by atoms with Crippen molar-refractivity contribution in [2.45, 2.75) is 45.3 Å². The fourth-order valence-corrected chi connectivity index (χ4v) is 5.54. The van der Waals surface area contributed by atoms with Crippen LogP contribution in [0.3, 0.4) is 0 Å². The van der Waals surface area contributed by atoms with Crippen LogP contribution < -0.4 is 11.1 Å². The van der Waals surface area contributed by atoms with E-state index in [0.29, 0.717) is 24.1 Å². The maximum Gasteiger partial charge on any atom is 0.249 e. The van der Waals surface area contributed by atoms with Gasteiger partial charge in [-0.1, -0.05) is 18.2 Å². The summed E-state index contributed by atoms with van der Waals surface area (Å²) in [5.74, 6) is 0.616. The molecule has 1 fully saturated rings. The average molecular weight is 471 g/mol. The molecule has 2 aliphatic heterocycles. The molecule has 0 saturated carbocycles. The van der Waals surface area contributed by atoms with Crippen LogP contribution in [0.1, 0.15) is 45.7 Å². The van der Waals surface area contributed by atoms with Gasteiger partial charge in [0, 0.05) is 47.8 Å². The van der Waals surface area contributed by atoms with Crippen LogP contribution in [0.5, 0.6) is 0 Å². The molecule has 35 heavy (non-hydrogen) atoms. The van der Waals surface area contributed by atoms with E-state index in [0.717, 1.165) is 58.7 Å². The van der Waals surface area contributed by atoms with Crippen LogP contribution in [0.15, 0.2) is 48.5 Å². The summed E-state index contributed by atoms with van der Waals surface area (Å²) in [5.41, 5.74) is 10.9. The first-order valence-corrected chi connectivity index (χ1v) is 12.0. The van der Waals surface area contributed by atoms with Gasteiger partial charge in [-0.25, -0.2) is 9.37 Å². The highest BCUT2D eigenvalue weighted by atomic mass is 19.1. The second-order valence-corrected chi connectivity index (χ2v) is 9.48. The molecule has 4 aromatic rings. The van der Waals surface area contributed by atoms with E-state index in [-0.39, 0.29) is 5.82 Å². The van der Waals surface area contributed by atoms with E-state index in [1.807, 2.05) is 35.8 Å². The van der Waals surface area contributed by atoms with Gasteiger partial charge in [0.2, 0.25) is 11.9 Å². The van der Waals surface area contributed by atoms with E-state index < -0.39 is 5.91 Å². The minimum atomic E-state index is -0.460. The number of hydrogen-bond acceptors (Lipinski definition) is 5. The molecule has 8 heteroatoms. The predicted octanol–water partition coefficient (Wildman–Crippen LogP) is 4.10. The topological polar surface area (TPSA) is 89.1 Å². The van der Waals surface area contributed by atoms with Gasteiger partial charge in [0.15, 0.2) is 0 Å². The van der Waals surface area contributed by atoms with E-state index in [1.54, 1.807) is 12.1 Å². The highest BCUT2D eigenvalue weighted by Crippen LogP contribution is 2.34. The minimum Gasteiger partial charge on any atom is -0.366 e. The molecular weight excluding hydrogens is 443 g/mol. The van der Waals surface area contributed by atoms with Crippen molar-refractivity contribution in [1.82, 2.24) is 19.4 Å². The lowest BCUT2D eigenvalue weighted by Crippen LogP contribution is -2.36. The molecule has 6 rings (SSSR count). The van der Waals surface area contributed by atoms with Crippen molar-refractivity contribution in [3.05, 3.63) is 82.4 Å². The number of aromatic nitrogens is 3. The Labute approximate surface area is 202 Å². The van der Waals surface area contributed by atoms with E-state index in [4.69, 9.17) is 15.7 Å². The number of halogens is 1. The predicted molar refractivity (Wildman–Crippen MR) is 133 cm³/mol. The number of carbonyl (C=O) groups excluding carboxylic acids is 1. The second kappa shape index (κ2) is 8.46. The quantitative estimate of drug-likeness (QED) is 0.459. The molecule has 1 saturated heterocycles. The normalized spacial score (nSPS) is 17.4. The molecule has 178 valence electrons. The van der Waals surface area contributed by atoms with Gasteiger partial charge >= 0.3 is 0 Å². The maximum atomic E-state index is 13.7. The molecule has 0 bridgehead atoms. The Morgan fingerprint density at radius 3 is 2.89 bits per heavy atom. The smallest absolute Gasteiger partial charge is 0.249 e. The van der Waals surface area contributed by atoms with Crippen LogP contribution in [-0.2, 0) is 19.5 Å². The number of carbonyl (C=O) groups is 1. The van der Waals surface area contributed by atoms with Crippen molar-refractivity contribution in [2.75, 3.05) is 11.9 Å². The molecule has 2 aromatic carbocycles. The summed E-state index contributed by atoms with van der Waals surface area (Å²) in [5, 5.41) is 4.25. The maximum absolute atomic E-state index is 13.7. The van der Waals surface area contributed by atoms with Crippen LogP contribution in [-0.4, -0.2) is 37.9 Å². The summed E-state index contributed by atoms with van der Waals surface area (Å²) in [6.45, 7) is 4.34. The molecule has 1 unspecified atom stereocenters. The first-order valence-electron chi connectivity index (χ1n) is 12.0. The number of nitrogens with two attached hydrogens (primary N) is 1. The third kappa shape index (κ3) is 3.83. The van der Waals surface area contributed by atoms with E-state index in [9.17, 15) is 9.18 Å². The van der Waals surface area contributed by atoms with Crippen LogP contribution in [0, 0.1) is 12.7 Å². The number of primary amides is 1. The lowest BCUT2D eigenvalue weighted by atomic mass is 9.99. The van der Waals surface area contributed by atoms with Crippen molar-refractivity contribution < 1.29 is 9.18 Å². The van der Waals surface area contributed by atoms with Crippen molar-refractivity contribution in [3.8, 4) is 5.95 Å². The molecule has 2 aliphatic rings. The van der Waals surface area contributed by atoms with Crippen LogP contribution in [0.4, 0.5) is 10.2 Å². The lowest BCUT2D eigenvalue weighted by molar-refractivity contribution is 0.100. The SMILES string of the molecule is Cc1cc2c(C(N)=O)cccc2n1-c1nc2c(c(NCc3cccc(F)c3)n1)CN1CCCC1C2. The van der Waals surface area contributed by atoms with Crippen molar-refractivity contribution in [3.63, 3.8) is 0 Å². The van der Waals surface area contributed by atoms with Gasteiger partial charge in [-0.3, -0.25) is 14.3 Å². The number of nitrogens with zero attached hydrogens (tertiary/aromatic N) is 4. The van der Waals surface area contributed by atoms with Crippen molar-refractivity contribution >= 4 is 22.6 Å². The summed E-state index contributed by atoms with van der Waals surface area (Å²) in [6.07, 6.45) is 3.25. The molecule has 0 spiro atoms. The van der Waals surface area contributed by atoms with Gasteiger partial charge in [0.25, 0.3) is 0 Å². The Morgan fingerprint density at radius 1 is 1.20 bits per heavy atom. The van der Waals surface area contributed by atoms with Crippen molar-refractivity contribution in [2.24, 2.45) is 5.73 Å². The summed E-state index contributed by atoms with van der Waals surface area (Å²) in [4.78, 5) is 24.5. The lowest BCUT2D eigenvalue weighted by Gasteiger charge is -2.32. The average Bonchev–Trinajstić information content (AvgIpc) is 3.43. The number of fused-ring (bicyclic) bond motifs is 3. The summed E-state index contributed by atoms with van der Waals surface area (Å²) in [6, 6.07) is 14.6. The molecule has 7 nitrogen and oxygen atoms in total. The van der Waals surface area contributed by atoms with Crippen LogP contribution in [0.2, 0.25) is 0 Å². The van der Waals surface area contributed by atoms with Gasteiger partial charge in [-0.05, 0) is 62.2 Å². The summed E-state index contributed by atoms with van der Waals surface area (Å²) < 4.78 is 15.7. The third-order valence-electron chi connectivity index (χ3n) is 7.21. The molecule has 2 aromatic heterocycles. The van der Waals surface area contributed by atoms with Gasteiger partial charge in [-0.2, -0.15) is 4.98 Å². The second-order valence-electron chi connectivity index (χ2n) is 9.48. The Morgan fingerprint density at radius 2 is 2.06 bits per heavy atom. The fraction of sp³-hybridized carbons (Fsp3) is 0.296. The molecular formula is C27H27FN6O. The Bertz CT molecular complexity index is 1460. The number of nitrogens with one attached hydrogen (secondary N) is 1. The minimum absolute atomic E-state index is 0.255. The number of rotatable bonds is 5. The van der Waals surface area contributed by atoms with Crippen LogP contribution in [0.25, 0.3) is 16.9 Å². The monoisotopic (exact) mass is 470 g/mol. The molecule has 1 amide bonds. The van der Waals surface area contributed by atoms with Crippen LogP contribution >= 0.6 is 0 Å². The van der Waals surface area contributed by atoms with Gasteiger partial charge in [0.05, 0.1) is 11.2 Å². The Kier molecular flexibility index (Phi) is 5.25. The molecule has 0 aliphatic carbocycles.